The molecule has 1 atom stereocenters. The lowest BCUT2D eigenvalue weighted by Gasteiger charge is -2.21. The van der Waals surface area contributed by atoms with Gasteiger partial charge in [-0.2, -0.15) is 0 Å². The van der Waals surface area contributed by atoms with E-state index in [1.54, 1.807) is 12.1 Å². The molecule has 2 aromatic rings. The molecule has 0 fully saturated rings. The molecule has 2 rings (SSSR count). The van der Waals surface area contributed by atoms with Crippen molar-refractivity contribution < 1.29 is 9.90 Å². The fourth-order valence-corrected chi connectivity index (χ4v) is 2.13. The first kappa shape index (κ1) is 13.5. The number of hydrogen-bond donors (Lipinski definition) is 1. The lowest BCUT2D eigenvalue weighted by molar-refractivity contribution is 0.0698. The second-order valence-electron chi connectivity index (χ2n) is 5.06. The molecule has 1 unspecified atom stereocenters. The third-order valence-electron chi connectivity index (χ3n) is 3.52. The number of carboxylic acid groups (broad SMARTS) is 1. The minimum Gasteiger partial charge on any atom is -0.478 e. The van der Waals surface area contributed by atoms with Gasteiger partial charge in [0.05, 0.1) is 16.6 Å². The van der Waals surface area contributed by atoms with Gasteiger partial charge >= 0.3 is 5.97 Å². The molecule has 102 valence electrons. The Balaban J connectivity index is 2.59. The van der Waals surface area contributed by atoms with Gasteiger partial charge in [-0.25, -0.2) is 9.78 Å². The second-order valence-corrected chi connectivity index (χ2v) is 5.06. The van der Waals surface area contributed by atoms with Crippen LogP contribution in [0.2, 0.25) is 0 Å². The third-order valence-corrected chi connectivity index (χ3v) is 3.52. The molecular weight excluding hydrogens is 242 g/mol. The molecule has 1 aromatic carbocycles. The van der Waals surface area contributed by atoms with Crippen LogP contribution in [0, 0.1) is 6.92 Å². The molecule has 1 N–H and O–H groups in total. The highest BCUT2D eigenvalue weighted by Crippen LogP contribution is 2.21. The SMILES string of the molecule is Cc1nc2cccc(C(=O)O)c2n1CC(C)N(C)C. The smallest absolute Gasteiger partial charge is 0.337 e. The number of likely N-dealkylation sites (N-methyl/N-ethyl adjacent to an activating group) is 1. The fourth-order valence-electron chi connectivity index (χ4n) is 2.13. The summed E-state index contributed by atoms with van der Waals surface area (Å²) >= 11 is 0. The fraction of sp³-hybridized carbons (Fsp3) is 0.429. The molecule has 0 aliphatic carbocycles. The average Bonchev–Trinajstić information content (AvgIpc) is 2.65. The number of aryl methyl sites for hydroxylation is 1. The van der Waals surface area contributed by atoms with Crippen LogP contribution in [0.3, 0.4) is 0 Å². The summed E-state index contributed by atoms with van der Waals surface area (Å²) in [5, 5.41) is 9.31. The Morgan fingerprint density at radius 1 is 1.47 bits per heavy atom. The molecule has 19 heavy (non-hydrogen) atoms. The minimum atomic E-state index is -0.913. The zero-order valence-corrected chi connectivity index (χ0v) is 11.7. The van der Waals surface area contributed by atoms with Gasteiger partial charge in [0, 0.05) is 12.6 Å². The number of para-hydroxylation sites is 1. The van der Waals surface area contributed by atoms with Gasteiger partial charge in [-0.15, -0.1) is 0 Å². The predicted octanol–water partition coefficient (Wildman–Crippen LogP) is 1.99. The van der Waals surface area contributed by atoms with E-state index >= 15 is 0 Å². The Bertz CT molecular complexity index is 616. The molecule has 5 heteroatoms. The molecule has 0 bridgehead atoms. The van der Waals surface area contributed by atoms with E-state index in [-0.39, 0.29) is 0 Å². The molecule has 0 spiro atoms. The Morgan fingerprint density at radius 2 is 2.16 bits per heavy atom. The van der Waals surface area contributed by atoms with Gasteiger partial charge in [-0.1, -0.05) is 6.07 Å². The van der Waals surface area contributed by atoms with E-state index in [0.29, 0.717) is 17.1 Å². The van der Waals surface area contributed by atoms with Crippen LogP contribution in [0.25, 0.3) is 11.0 Å². The molecule has 5 nitrogen and oxygen atoms in total. The summed E-state index contributed by atoms with van der Waals surface area (Å²) < 4.78 is 1.99. The van der Waals surface area contributed by atoms with Gasteiger partial charge in [-0.05, 0) is 40.1 Å². The summed E-state index contributed by atoms with van der Waals surface area (Å²) in [6, 6.07) is 5.52. The molecule has 0 saturated heterocycles. The highest BCUT2D eigenvalue weighted by atomic mass is 16.4. The van der Waals surface area contributed by atoms with Crippen LogP contribution in [0.1, 0.15) is 23.1 Å². The first-order valence-corrected chi connectivity index (χ1v) is 6.27. The van der Waals surface area contributed by atoms with Crippen molar-refractivity contribution in [2.75, 3.05) is 14.1 Å². The summed E-state index contributed by atoms with van der Waals surface area (Å²) in [6.07, 6.45) is 0. The maximum absolute atomic E-state index is 11.3. The van der Waals surface area contributed by atoms with E-state index in [4.69, 9.17) is 0 Å². The first-order valence-electron chi connectivity index (χ1n) is 6.27. The van der Waals surface area contributed by atoms with E-state index in [1.165, 1.54) is 0 Å². The third kappa shape index (κ3) is 2.46. The highest BCUT2D eigenvalue weighted by molar-refractivity contribution is 6.01. The van der Waals surface area contributed by atoms with Crippen molar-refractivity contribution in [3.8, 4) is 0 Å². The van der Waals surface area contributed by atoms with Crippen molar-refractivity contribution >= 4 is 17.0 Å². The molecule has 0 saturated carbocycles. The second kappa shape index (κ2) is 5.01. The van der Waals surface area contributed by atoms with Gasteiger partial charge in [0.25, 0.3) is 0 Å². The zero-order valence-electron chi connectivity index (χ0n) is 11.7. The van der Waals surface area contributed by atoms with Gasteiger partial charge in [0.15, 0.2) is 0 Å². The van der Waals surface area contributed by atoms with Crippen molar-refractivity contribution in [1.82, 2.24) is 14.5 Å². The number of carbonyl (C=O) groups is 1. The van der Waals surface area contributed by atoms with E-state index in [0.717, 1.165) is 17.9 Å². The van der Waals surface area contributed by atoms with Gasteiger partial charge in [0.1, 0.15) is 5.82 Å². The minimum absolute atomic E-state index is 0.304. The van der Waals surface area contributed by atoms with Crippen molar-refractivity contribution in [3.05, 3.63) is 29.6 Å². The monoisotopic (exact) mass is 261 g/mol. The van der Waals surface area contributed by atoms with Crippen LogP contribution < -0.4 is 0 Å². The van der Waals surface area contributed by atoms with Gasteiger partial charge < -0.3 is 14.6 Å². The van der Waals surface area contributed by atoms with E-state index in [1.807, 2.05) is 31.7 Å². The number of aromatic carboxylic acids is 1. The summed E-state index contributed by atoms with van der Waals surface area (Å²) in [6.45, 7) is 4.74. The number of hydrogen-bond acceptors (Lipinski definition) is 3. The number of rotatable bonds is 4. The number of aromatic nitrogens is 2. The first-order chi connectivity index (χ1) is 8.91. The molecule has 0 aliphatic rings. The summed E-state index contributed by atoms with van der Waals surface area (Å²) in [5.74, 6) is -0.0679. The van der Waals surface area contributed by atoms with Crippen LogP contribution in [0.4, 0.5) is 0 Å². The number of imidazole rings is 1. The van der Waals surface area contributed by atoms with Crippen LogP contribution >= 0.6 is 0 Å². The number of benzene rings is 1. The molecule has 0 radical (unpaired) electrons. The topological polar surface area (TPSA) is 58.4 Å². The van der Waals surface area contributed by atoms with Crippen LogP contribution in [0.5, 0.6) is 0 Å². The lowest BCUT2D eigenvalue weighted by atomic mass is 10.2. The lowest BCUT2D eigenvalue weighted by Crippen LogP contribution is -2.29. The van der Waals surface area contributed by atoms with Crippen molar-refractivity contribution in [2.45, 2.75) is 26.4 Å². The Hall–Kier alpha value is -1.88. The van der Waals surface area contributed by atoms with Gasteiger partial charge in [0.2, 0.25) is 0 Å². The Labute approximate surface area is 112 Å². The number of fused-ring (bicyclic) bond motifs is 1. The molecular formula is C14H19N3O2. The van der Waals surface area contributed by atoms with Crippen LogP contribution in [0.15, 0.2) is 18.2 Å². The summed E-state index contributed by atoms with van der Waals surface area (Å²) in [7, 11) is 4.02. The summed E-state index contributed by atoms with van der Waals surface area (Å²) in [4.78, 5) is 17.9. The van der Waals surface area contributed by atoms with Crippen molar-refractivity contribution in [1.29, 1.82) is 0 Å². The van der Waals surface area contributed by atoms with Gasteiger partial charge in [-0.3, -0.25) is 0 Å². The quantitative estimate of drug-likeness (QED) is 0.914. The molecule has 1 heterocycles. The number of nitrogens with zero attached hydrogens (tertiary/aromatic N) is 3. The molecule has 1 aromatic heterocycles. The Morgan fingerprint density at radius 3 is 2.74 bits per heavy atom. The predicted molar refractivity (Wildman–Crippen MR) is 74.6 cm³/mol. The largest absolute Gasteiger partial charge is 0.478 e. The summed E-state index contributed by atoms with van der Waals surface area (Å²) in [5.41, 5.74) is 1.76. The van der Waals surface area contributed by atoms with E-state index in [9.17, 15) is 9.90 Å². The zero-order chi connectivity index (χ0) is 14.2. The van der Waals surface area contributed by atoms with Crippen molar-refractivity contribution in [2.24, 2.45) is 0 Å². The number of carboxylic acids is 1. The maximum atomic E-state index is 11.3. The normalized spacial score (nSPS) is 13.1. The highest BCUT2D eigenvalue weighted by Gasteiger charge is 2.17. The maximum Gasteiger partial charge on any atom is 0.337 e. The molecule has 0 aliphatic heterocycles. The standard InChI is InChI=1S/C14H19N3O2/c1-9(16(3)4)8-17-10(2)15-12-7-5-6-11(13(12)17)14(18)19/h5-7,9H,8H2,1-4H3,(H,18,19). The molecule has 0 amide bonds. The Kier molecular flexibility index (Phi) is 3.57. The van der Waals surface area contributed by atoms with Crippen LogP contribution in [-0.4, -0.2) is 45.7 Å². The average molecular weight is 261 g/mol. The van der Waals surface area contributed by atoms with Crippen LogP contribution in [-0.2, 0) is 6.54 Å². The van der Waals surface area contributed by atoms with E-state index in [2.05, 4.69) is 16.8 Å². The van der Waals surface area contributed by atoms with Crippen molar-refractivity contribution in [3.63, 3.8) is 0 Å². The van der Waals surface area contributed by atoms with E-state index < -0.39 is 5.97 Å².